The van der Waals surface area contributed by atoms with Crippen molar-refractivity contribution in [3.05, 3.63) is 44.4 Å². The van der Waals surface area contributed by atoms with E-state index in [2.05, 4.69) is 41.2 Å². The molecule has 1 atom stereocenters. The second-order valence-electron chi connectivity index (χ2n) is 3.73. The molecule has 0 saturated carbocycles. The Balaban J connectivity index is 1.92. The maximum absolute atomic E-state index is 5.34. The molecule has 0 fully saturated rings. The molecule has 0 bridgehead atoms. The van der Waals surface area contributed by atoms with Crippen molar-refractivity contribution in [2.45, 2.75) is 26.4 Å². The summed E-state index contributed by atoms with van der Waals surface area (Å²) >= 11 is 5.34. The zero-order chi connectivity index (χ0) is 11.5. The number of rotatable bonds is 4. The first kappa shape index (κ1) is 11.9. The summed E-state index contributed by atoms with van der Waals surface area (Å²) in [6.45, 7) is 5.10. The zero-order valence-electron chi connectivity index (χ0n) is 9.29. The maximum Gasteiger partial charge on any atom is 0.120 e. The van der Waals surface area contributed by atoms with Crippen molar-refractivity contribution in [2.24, 2.45) is 0 Å². The van der Waals surface area contributed by atoms with Gasteiger partial charge in [0.25, 0.3) is 0 Å². The molecule has 0 radical (unpaired) electrons. The minimum absolute atomic E-state index is 0.246. The lowest BCUT2D eigenvalue weighted by Gasteiger charge is -2.09. The molecule has 2 aromatic heterocycles. The van der Waals surface area contributed by atoms with Crippen molar-refractivity contribution in [3.8, 4) is 0 Å². The number of hydrogen-bond donors (Lipinski definition) is 1. The molecule has 0 amide bonds. The first-order valence-electron chi connectivity index (χ1n) is 5.18. The van der Waals surface area contributed by atoms with E-state index in [4.69, 9.17) is 4.42 Å². The number of furan rings is 1. The van der Waals surface area contributed by atoms with E-state index in [1.165, 1.54) is 14.2 Å². The zero-order valence-corrected chi connectivity index (χ0v) is 11.7. The Morgan fingerprint density at radius 1 is 1.56 bits per heavy atom. The fraction of sp³-hybridized carbons (Fsp3) is 0.333. The highest BCUT2D eigenvalue weighted by Crippen LogP contribution is 2.26. The highest BCUT2D eigenvalue weighted by atomic mass is 79.9. The summed E-state index contributed by atoms with van der Waals surface area (Å²) in [5, 5.41) is 3.44. The molecule has 0 saturated heterocycles. The third-order valence-corrected chi connectivity index (χ3v) is 4.60. The Morgan fingerprint density at radius 3 is 2.94 bits per heavy atom. The highest BCUT2D eigenvalue weighted by Gasteiger charge is 2.08. The van der Waals surface area contributed by atoms with Crippen LogP contribution in [0.25, 0.3) is 0 Å². The van der Waals surface area contributed by atoms with Crippen molar-refractivity contribution in [1.29, 1.82) is 0 Å². The van der Waals surface area contributed by atoms with E-state index in [-0.39, 0.29) is 6.04 Å². The van der Waals surface area contributed by atoms with Crippen molar-refractivity contribution >= 4 is 27.3 Å². The summed E-state index contributed by atoms with van der Waals surface area (Å²) in [4.78, 5) is 2.66. The first-order valence-corrected chi connectivity index (χ1v) is 6.79. The molecule has 0 spiro atoms. The Kier molecular flexibility index (Phi) is 3.84. The van der Waals surface area contributed by atoms with Gasteiger partial charge in [-0.2, -0.15) is 0 Å². The van der Waals surface area contributed by atoms with Crippen LogP contribution in [0, 0.1) is 6.92 Å². The van der Waals surface area contributed by atoms with Gasteiger partial charge in [0.05, 0.1) is 12.3 Å². The lowest BCUT2D eigenvalue weighted by Crippen LogP contribution is -2.16. The number of hydrogen-bond acceptors (Lipinski definition) is 3. The summed E-state index contributed by atoms with van der Waals surface area (Å²) in [5.74, 6) is 0.979. The number of halogens is 1. The lowest BCUT2D eigenvalue weighted by molar-refractivity contribution is 0.431. The van der Waals surface area contributed by atoms with Crippen LogP contribution >= 0.6 is 27.3 Å². The molecule has 0 aliphatic heterocycles. The molecule has 0 unspecified atom stereocenters. The minimum Gasteiger partial charge on any atom is -0.468 e. The molecule has 1 N–H and O–H groups in total. The predicted octanol–water partition coefficient (Wildman–Crippen LogP) is 4.26. The summed E-state index contributed by atoms with van der Waals surface area (Å²) in [6, 6.07) is 6.32. The van der Waals surface area contributed by atoms with Gasteiger partial charge in [0.15, 0.2) is 0 Å². The van der Waals surface area contributed by atoms with Crippen LogP contribution < -0.4 is 5.32 Å². The van der Waals surface area contributed by atoms with Gasteiger partial charge in [0, 0.05) is 20.8 Å². The monoisotopic (exact) mass is 299 g/mol. The molecule has 0 aromatic carbocycles. The molecule has 2 rings (SSSR count). The Labute approximate surface area is 108 Å². The van der Waals surface area contributed by atoms with Crippen LogP contribution in [0.3, 0.4) is 0 Å². The van der Waals surface area contributed by atoms with E-state index in [0.717, 1.165) is 12.3 Å². The molecule has 2 nitrogen and oxygen atoms in total. The van der Waals surface area contributed by atoms with Crippen molar-refractivity contribution in [2.75, 3.05) is 0 Å². The van der Waals surface area contributed by atoms with E-state index in [9.17, 15) is 0 Å². The van der Waals surface area contributed by atoms with Crippen LogP contribution in [-0.4, -0.2) is 0 Å². The summed E-state index contributed by atoms with van der Waals surface area (Å²) in [5.41, 5.74) is 0. The van der Waals surface area contributed by atoms with Crippen molar-refractivity contribution < 1.29 is 4.42 Å². The van der Waals surface area contributed by atoms with Crippen LogP contribution in [0.2, 0.25) is 0 Å². The normalized spacial score (nSPS) is 12.9. The van der Waals surface area contributed by atoms with E-state index in [1.807, 2.05) is 23.5 Å². The van der Waals surface area contributed by atoms with Crippen LogP contribution in [0.4, 0.5) is 0 Å². The average molecular weight is 300 g/mol. The van der Waals surface area contributed by atoms with Gasteiger partial charge in [0.2, 0.25) is 0 Å². The fourth-order valence-electron chi connectivity index (χ4n) is 1.50. The van der Waals surface area contributed by atoms with Crippen LogP contribution in [0.5, 0.6) is 0 Å². The lowest BCUT2D eigenvalue weighted by atomic mass is 10.2. The Hall–Kier alpha value is -0.580. The molecule has 0 aliphatic rings. The fourth-order valence-corrected chi connectivity index (χ4v) is 3.05. The number of aryl methyl sites for hydroxylation is 1. The predicted molar refractivity (Wildman–Crippen MR) is 70.7 cm³/mol. The van der Waals surface area contributed by atoms with E-state index >= 15 is 0 Å². The van der Waals surface area contributed by atoms with Crippen LogP contribution in [-0.2, 0) is 6.54 Å². The molecular formula is C12H14BrNOS. The third-order valence-electron chi connectivity index (χ3n) is 2.46. The van der Waals surface area contributed by atoms with Gasteiger partial charge in [-0.3, -0.25) is 0 Å². The van der Waals surface area contributed by atoms with Gasteiger partial charge in [-0.15, -0.1) is 11.3 Å². The van der Waals surface area contributed by atoms with Crippen LogP contribution in [0.1, 0.15) is 28.5 Å². The second-order valence-corrected chi connectivity index (χ2v) is 5.93. The van der Waals surface area contributed by atoms with Gasteiger partial charge >= 0.3 is 0 Å². The van der Waals surface area contributed by atoms with Crippen LogP contribution in [0.15, 0.2) is 33.4 Å². The summed E-state index contributed by atoms with van der Waals surface area (Å²) < 4.78 is 6.54. The number of nitrogens with one attached hydrogen (secondary N) is 1. The Morgan fingerprint density at radius 2 is 2.38 bits per heavy atom. The quantitative estimate of drug-likeness (QED) is 0.912. The van der Waals surface area contributed by atoms with Gasteiger partial charge in [0.1, 0.15) is 5.76 Å². The molecule has 86 valence electrons. The standard InChI is InChI=1S/C12H14BrNOS/c1-8(12-4-3-5-15-12)14-7-10-6-11(13)9(2)16-10/h3-6,8,14H,7H2,1-2H3/t8-/m0/s1. The second kappa shape index (κ2) is 5.17. The van der Waals surface area contributed by atoms with Crippen molar-refractivity contribution in [1.82, 2.24) is 5.32 Å². The van der Waals surface area contributed by atoms with E-state index < -0.39 is 0 Å². The van der Waals surface area contributed by atoms with Gasteiger partial charge in [-0.05, 0) is 48.0 Å². The average Bonchev–Trinajstić information content (AvgIpc) is 2.86. The van der Waals surface area contributed by atoms with Gasteiger partial charge in [-0.1, -0.05) is 0 Å². The molecule has 0 aliphatic carbocycles. The molecular weight excluding hydrogens is 286 g/mol. The molecule has 2 heterocycles. The Bertz CT molecular complexity index is 430. The topological polar surface area (TPSA) is 25.2 Å². The highest BCUT2D eigenvalue weighted by molar-refractivity contribution is 9.10. The summed E-state index contributed by atoms with van der Waals surface area (Å²) in [6.07, 6.45) is 1.71. The largest absolute Gasteiger partial charge is 0.468 e. The SMILES string of the molecule is Cc1sc(CN[C@@H](C)c2ccco2)cc1Br. The first-order chi connectivity index (χ1) is 7.66. The third kappa shape index (κ3) is 2.75. The maximum atomic E-state index is 5.34. The molecule has 4 heteroatoms. The summed E-state index contributed by atoms with van der Waals surface area (Å²) in [7, 11) is 0. The van der Waals surface area contributed by atoms with Crippen molar-refractivity contribution in [3.63, 3.8) is 0 Å². The minimum atomic E-state index is 0.246. The molecule has 2 aromatic rings. The van der Waals surface area contributed by atoms with Gasteiger partial charge < -0.3 is 9.73 Å². The number of thiophene rings is 1. The van der Waals surface area contributed by atoms with E-state index in [0.29, 0.717) is 0 Å². The molecule has 16 heavy (non-hydrogen) atoms. The smallest absolute Gasteiger partial charge is 0.120 e. The van der Waals surface area contributed by atoms with E-state index in [1.54, 1.807) is 6.26 Å². The van der Waals surface area contributed by atoms with Gasteiger partial charge in [-0.25, -0.2) is 0 Å².